The molecule has 0 N–H and O–H groups in total. The van der Waals surface area contributed by atoms with Crippen LogP contribution in [0.2, 0.25) is 0 Å². The molecule has 1 aliphatic heterocycles. The summed E-state index contributed by atoms with van der Waals surface area (Å²) >= 11 is 6.43. The lowest BCUT2D eigenvalue weighted by Crippen LogP contribution is -2.31. The van der Waals surface area contributed by atoms with E-state index < -0.39 is 0 Å². The normalized spacial score (nSPS) is 18.4. The van der Waals surface area contributed by atoms with Crippen LogP contribution in [0.3, 0.4) is 0 Å². The Kier molecular flexibility index (Phi) is 3.98. The summed E-state index contributed by atoms with van der Waals surface area (Å²) < 4.78 is 10.7. The predicted octanol–water partition coefficient (Wildman–Crippen LogP) is 2.13. The highest BCUT2D eigenvalue weighted by molar-refractivity contribution is 8.26. The van der Waals surface area contributed by atoms with Crippen molar-refractivity contribution >= 4 is 40.3 Å². The van der Waals surface area contributed by atoms with Gasteiger partial charge in [0.15, 0.2) is 0 Å². The molecule has 0 bridgehead atoms. The topological polar surface area (TPSA) is 42.7 Å². The van der Waals surface area contributed by atoms with Crippen LogP contribution in [-0.4, -0.2) is 35.4 Å². The van der Waals surface area contributed by atoms with Crippen LogP contribution < -0.4 is 0 Å². The first kappa shape index (κ1) is 12.3. The first-order valence-corrected chi connectivity index (χ1v) is 6.22. The molecule has 0 saturated carbocycles. The van der Waals surface area contributed by atoms with Crippen LogP contribution in [-0.2, 0) is 9.53 Å². The Bertz CT molecular complexity index is 453. The number of thiocarbonyl (C=S) groups is 1. The maximum absolute atomic E-state index is 12.0. The average molecular weight is 269 g/mol. The van der Waals surface area contributed by atoms with Crippen molar-refractivity contribution in [1.29, 1.82) is 0 Å². The Morgan fingerprint density at radius 1 is 1.65 bits per heavy atom. The molecule has 90 valence electrons. The first-order valence-electron chi connectivity index (χ1n) is 5.00. The first-order chi connectivity index (χ1) is 8.22. The third kappa shape index (κ3) is 2.77. The van der Waals surface area contributed by atoms with Gasteiger partial charge in [-0.05, 0) is 12.1 Å². The van der Waals surface area contributed by atoms with Crippen LogP contribution >= 0.6 is 24.0 Å². The van der Waals surface area contributed by atoms with E-state index in [2.05, 4.69) is 0 Å². The minimum absolute atomic E-state index is 0.0894. The summed E-state index contributed by atoms with van der Waals surface area (Å²) in [5.74, 6) is 0.561. The Morgan fingerprint density at radius 3 is 3.12 bits per heavy atom. The van der Waals surface area contributed by atoms with Crippen molar-refractivity contribution in [2.75, 3.05) is 20.3 Å². The fourth-order valence-corrected chi connectivity index (χ4v) is 2.67. The Morgan fingerprint density at radius 2 is 2.47 bits per heavy atom. The number of furan rings is 1. The van der Waals surface area contributed by atoms with Crippen LogP contribution in [0, 0.1) is 0 Å². The quantitative estimate of drug-likeness (QED) is 0.619. The molecule has 1 saturated heterocycles. The van der Waals surface area contributed by atoms with E-state index in [0.29, 0.717) is 28.1 Å². The number of methoxy groups -OCH3 is 1. The fraction of sp³-hybridized carbons (Fsp3) is 0.273. The summed E-state index contributed by atoms with van der Waals surface area (Å²) in [6, 6.07) is 3.57. The van der Waals surface area contributed by atoms with E-state index in [0.717, 1.165) is 0 Å². The molecule has 0 unspecified atom stereocenters. The van der Waals surface area contributed by atoms with Crippen molar-refractivity contribution in [3.63, 3.8) is 0 Å². The molecule has 0 aromatic carbocycles. The third-order valence-corrected chi connectivity index (χ3v) is 3.59. The molecule has 0 spiro atoms. The second-order valence-corrected chi connectivity index (χ2v) is 5.02. The van der Waals surface area contributed by atoms with Crippen molar-refractivity contribution in [3.8, 4) is 0 Å². The molecule has 6 heteroatoms. The van der Waals surface area contributed by atoms with E-state index in [1.807, 2.05) is 0 Å². The van der Waals surface area contributed by atoms with Crippen LogP contribution in [0.15, 0.2) is 27.7 Å². The lowest BCUT2D eigenvalue weighted by molar-refractivity contribution is -0.122. The van der Waals surface area contributed by atoms with Gasteiger partial charge in [0.25, 0.3) is 5.91 Å². The minimum atomic E-state index is -0.0894. The lowest BCUT2D eigenvalue weighted by atomic mass is 10.3. The van der Waals surface area contributed by atoms with Gasteiger partial charge >= 0.3 is 0 Å². The zero-order valence-corrected chi connectivity index (χ0v) is 10.8. The maximum atomic E-state index is 12.0. The number of hydrogen-bond acceptors (Lipinski definition) is 5. The van der Waals surface area contributed by atoms with Gasteiger partial charge in [0.05, 0.1) is 24.3 Å². The van der Waals surface area contributed by atoms with E-state index >= 15 is 0 Å². The molecule has 0 atom stereocenters. The third-order valence-electron chi connectivity index (χ3n) is 2.21. The molecular weight excluding hydrogens is 258 g/mol. The lowest BCUT2D eigenvalue weighted by Gasteiger charge is -2.12. The van der Waals surface area contributed by atoms with Gasteiger partial charge in [-0.25, -0.2) is 0 Å². The van der Waals surface area contributed by atoms with Crippen LogP contribution in [0.4, 0.5) is 0 Å². The number of carbonyl (C=O) groups excluding carboxylic acids is 1. The van der Waals surface area contributed by atoms with Gasteiger partial charge < -0.3 is 9.15 Å². The zero-order valence-electron chi connectivity index (χ0n) is 9.21. The number of hydrogen-bond donors (Lipinski definition) is 0. The van der Waals surface area contributed by atoms with Crippen molar-refractivity contribution < 1.29 is 13.9 Å². The second-order valence-electron chi connectivity index (χ2n) is 3.34. The highest BCUT2D eigenvalue weighted by Gasteiger charge is 2.31. The van der Waals surface area contributed by atoms with E-state index in [4.69, 9.17) is 21.4 Å². The van der Waals surface area contributed by atoms with Gasteiger partial charge in [0, 0.05) is 13.2 Å². The summed E-state index contributed by atoms with van der Waals surface area (Å²) in [7, 11) is 1.59. The van der Waals surface area contributed by atoms with E-state index in [1.54, 1.807) is 31.6 Å². The van der Waals surface area contributed by atoms with Gasteiger partial charge in [-0.2, -0.15) is 0 Å². The van der Waals surface area contributed by atoms with E-state index in [1.165, 1.54) is 16.7 Å². The van der Waals surface area contributed by atoms with Gasteiger partial charge in [0.1, 0.15) is 10.1 Å². The Balaban J connectivity index is 2.13. The summed E-state index contributed by atoms with van der Waals surface area (Å²) in [6.45, 7) is 0.955. The molecular formula is C11H11NO3S2. The summed E-state index contributed by atoms with van der Waals surface area (Å²) in [4.78, 5) is 14.1. The number of carbonyl (C=O) groups is 1. The molecule has 2 rings (SSSR count). The Hall–Kier alpha value is -1.11. The SMILES string of the molecule is COCCN1C(=O)C(=Cc2ccco2)SC1=S. The van der Waals surface area contributed by atoms with Crippen molar-refractivity contribution in [1.82, 2.24) is 4.90 Å². The number of amides is 1. The van der Waals surface area contributed by atoms with Crippen LogP contribution in [0.25, 0.3) is 6.08 Å². The minimum Gasteiger partial charge on any atom is -0.465 e. The van der Waals surface area contributed by atoms with Crippen molar-refractivity contribution in [3.05, 3.63) is 29.1 Å². The molecule has 1 aliphatic rings. The fourth-order valence-electron chi connectivity index (χ4n) is 1.38. The van der Waals surface area contributed by atoms with Crippen LogP contribution in [0.1, 0.15) is 5.76 Å². The summed E-state index contributed by atoms with van der Waals surface area (Å²) in [5.41, 5.74) is 0. The van der Waals surface area contributed by atoms with Crippen molar-refractivity contribution in [2.24, 2.45) is 0 Å². The predicted molar refractivity (Wildman–Crippen MR) is 70.5 cm³/mol. The molecule has 0 radical (unpaired) electrons. The Labute approximate surface area is 109 Å². The van der Waals surface area contributed by atoms with E-state index in [-0.39, 0.29) is 5.91 Å². The smallest absolute Gasteiger partial charge is 0.266 e. The van der Waals surface area contributed by atoms with Gasteiger partial charge in [-0.1, -0.05) is 24.0 Å². The van der Waals surface area contributed by atoms with Gasteiger partial charge in [-0.3, -0.25) is 9.69 Å². The number of thioether (sulfide) groups is 1. The highest BCUT2D eigenvalue weighted by atomic mass is 32.2. The number of rotatable bonds is 4. The maximum Gasteiger partial charge on any atom is 0.266 e. The molecule has 2 heterocycles. The average Bonchev–Trinajstić information content (AvgIpc) is 2.89. The number of nitrogens with zero attached hydrogens (tertiary/aromatic N) is 1. The highest BCUT2D eigenvalue weighted by Crippen LogP contribution is 2.32. The molecule has 0 aliphatic carbocycles. The largest absolute Gasteiger partial charge is 0.465 e. The molecule has 1 amide bonds. The van der Waals surface area contributed by atoms with Crippen LogP contribution in [0.5, 0.6) is 0 Å². The van der Waals surface area contributed by atoms with Gasteiger partial charge in [0.2, 0.25) is 0 Å². The molecule has 17 heavy (non-hydrogen) atoms. The van der Waals surface area contributed by atoms with Crippen molar-refractivity contribution in [2.45, 2.75) is 0 Å². The zero-order chi connectivity index (χ0) is 12.3. The summed E-state index contributed by atoms with van der Waals surface area (Å²) in [6.07, 6.45) is 3.27. The van der Waals surface area contributed by atoms with E-state index in [9.17, 15) is 4.79 Å². The molecule has 1 aromatic rings. The monoisotopic (exact) mass is 269 g/mol. The van der Waals surface area contributed by atoms with Gasteiger partial charge in [-0.15, -0.1) is 0 Å². The molecule has 1 fully saturated rings. The second kappa shape index (κ2) is 5.48. The molecule has 1 aromatic heterocycles. The number of ether oxygens (including phenoxy) is 1. The summed E-state index contributed by atoms with van der Waals surface area (Å²) in [5, 5.41) is 0. The molecule has 4 nitrogen and oxygen atoms in total. The standard InChI is InChI=1S/C11H11NO3S2/c1-14-6-4-12-10(13)9(17-11(12)16)7-8-3-2-5-15-8/h2-3,5,7H,4,6H2,1H3.